The summed E-state index contributed by atoms with van der Waals surface area (Å²) in [5.41, 5.74) is 2.70. The van der Waals surface area contributed by atoms with Gasteiger partial charge in [-0.25, -0.2) is 14.8 Å². The van der Waals surface area contributed by atoms with Crippen LogP contribution in [-0.4, -0.2) is 47.9 Å². The molecule has 27 heavy (non-hydrogen) atoms. The van der Waals surface area contributed by atoms with E-state index >= 15 is 0 Å². The van der Waals surface area contributed by atoms with E-state index in [1.165, 1.54) is 0 Å². The third-order valence-electron chi connectivity index (χ3n) is 3.69. The normalized spacial score (nSPS) is 10.6. The van der Waals surface area contributed by atoms with Crippen LogP contribution in [0.4, 0.5) is 10.6 Å². The Labute approximate surface area is 157 Å². The van der Waals surface area contributed by atoms with Crippen LogP contribution in [0.5, 0.6) is 5.75 Å². The number of hydrogen-bond acceptors (Lipinski definition) is 6. The predicted octanol–water partition coefficient (Wildman–Crippen LogP) is 2.86. The number of hydrogen-bond donors (Lipinski definition) is 2. The number of aromatic nitrogens is 3. The van der Waals surface area contributed by atoms with Crippen molar-refractivity contribution >= 4 is 23.0 Å². The second-order valence-electron chi connectivity index (χ2n) is 5.64. The Kier molecular flexibility index (Phi) is 6.11. The van der Waals surface area contributed by atoms with Crippen LogP contribution >= 0.6 is 0 Å². The number of urea groups is 1. The number of nitrogens with zero attached hydrogens (tertiary/aromatic N) is 3. The molecule has 0 aliphatic rings. The van der Waals surface area contributed by atoms with Crippen molar-refractivity contribution in [2.75, 3.05) is 32.2 Å². The summed E-state index contributed by atoms with van der Waals surface area (Å²) in [5.74, 6) is 1.18. The number of amides is 2. The molecule has 0 bridgehead atoms. The number of methoxy groups -OCH3 is 1. The summed E-state index contributed by atoms with van der Waals surface area (Å²) in [4.78, 5) is 25.0. The van der Waals surface area contributed by atoms with Crippen LogP contribution in [0.3, 0.4) is 0 Å². The van der Waals surface area contributed by atoms with Gasteiger partial charge in [0, 0.05) is 19.2 Å². The fourth-order valence-electron chi connectivity index (χ4n) is 2.39. The Balaban J connectivity index is 1.79. The SMILES string of the molecule is CCNC(=O)Nc1ccc2ncc(-c3ccc(OCCOC)cc3)nc2n1. The van der Waals surface area contributed by atoms with Crippen LogP contribution in [0.15, 0.2) is 42.6 Å². The van der Waals surface area contributed by atoms with Gasteiger partial charge in [0.05, 0.1) is 18.5 Å². The van der Waals surface area contributed by atoms with E-state index in [9.17, 15) is 4.79 Å². The highest BCUT2D eigenvalue weighted by molar-refractivity contribution is 5.89. The van der Waals surface area contributed by atoms with Crippen LogP contribution in [0.1, 0.15) is 6.92 Å². The van der Waals surface area contributed by atoms with E-state index in [1.54, 1.807) is 25.4 Å². The number of carbonyl (C=O) groups excluding carboxylic acids is 1. The molecule has 0 aliphatic carbocycles. The van der Waals surface area contributed by atoms with Crippen molar-refractivity contribution in [3.63, 3.8) is 0 Å². The van der Waals surface area contributed by atoms with Crippen molar-refractivity contribution in [2.24, 2.45) is 0 Å². The number of nitrogens with one attached hydrogen (secondary N) is 2. The Morgan fingerprint density at radius 2 is 1.89 bits per heavy atom. The largest absolute Gasteiger partial charge is 0.491 e. The lowest BCUT2D eigenvalue weighted by atomic mass is 10.1. The Bertz CT molecular complexity index is 915. The average Bonchev–Trinajstić information content (AvgIpc) is 2.68. The maximum absolute atomic E-state index is 11.6. The third kappa shape index (κ3) is 4.89. The van der Waals surface area contributed by atoms with Gasteiger partial charge in [-0.15, -0.1) is 0 Å². The van der Waals surface area contributed by atoms with Crippen LogP contribution in [0.2, 0.25) is 0 Å². The first-order valence-electron chi connectivity index (χ1n) is 8.60. The van der Waals surface area contributed by atoms with E-state index in [1.807, 2.05) is 31.2 Å². The maximum atomic E-state index is 11.6. The molecule has 1 aromatic carbocycles. The molecule has 0 radical (unpaired) electrons. The molecule has 0 atom stereocenters. The van der Waals surface area contributed by atoms with Crippen molar-refractivity contribution in [3.05, 3.63) is 42.6 Å². The summed E-state index contributed by atoms with van der Waals surface area (Å²) in [5, 5.41) is 5.33. The van der Waals surface area contributed by atoms with Gasteiger partial charge in [0.1, 0.15) is 23.7 Å². The van der Waals surface area contributed by atoms with Gasteiger partial charge in [0.2, 0.25) is 0 Å². The molecule has 8 nitrogen and oxygen atoms in total. The molecule has 0 unspecified atom stereocenters. The number of benzene rings is 1. The number of carbonyl (C=O) groups is 1. The predicted molar refractivity (Wildman–Crippen MR) is 103 cm³/mol. The first-order valence-corrected chi connectivity index (χ1v) is 8.60. The quantitative estimate of drug-likeness (QED) is 0.623. The average molecular weight is 367 g/mol. The van der Waals surface area contributed by atoms with E-state index in [-0.39, 0.29) is 6.03 Å². The second kappa shape index (κ2) is 8.91. The fourth-order valence-corrected chi connectivity index (χ4v) is 2.39. The van der Waals surface area contributed by atoms with Gasteiger partial charge in [-0.05, 0) is 43.3 Å². The number of ether oxygens (including phenoxy) is 2. The lowest BCUT2D eigenvalue weighted by Gasteiger charge is -2.08. The van der Waals surface area contributed by atoms with Gasteiger partial charge in [-0.3, -0.25) is 10.3 Å². The fraction of sp³-hybridized carbons (Fsp3) is 0.263. The van der Waals surface area contributed by atoms with Crippen LogP contribution in [0, 0.1) is 0 Å². The van der Waals surface area contributed by atoms with Crippen molar-refractivity contribution in [3.8, 4) is 17.0 Å². The van der Waals surface area contributed by atoms with Gasteiger partial charge >= 0.3 is 6.03 Å². The third-order valence-corrected chi connectivity index (χ3v) is 3.69. The first-order chi connectivity index (χ1) is 13.2. The van der Waals surface area contributed by atoms with E-state index in [0.29, 0.717) is 42.4 Å². The van der Waals surface area contributed by atoms with E-state index < -0.39 is 0 Å². The number of rotatable bonds is 7. The summed E-state index contributed by atoms with van der Waals surface area (Å²) in [7, 11) is 1.63. The van der Waals surface area contributed by atoms with E-state index in [4.69, 9.17) is 9.47 Å². The van der Waals surface area contributed by atoms with Crippen LogP contribution < -0.4 is 15.4 Å². The van der Waals surface area contributed by atoms with Crippen molar-refractivity contribution in [2.45, 2.75) is 6.92 Å². The zero-order chi connectivity index (χ0) is 19.1. The highest BCUT2D eigenvalue weighted by atomic mass is 16.5. The lowest BCUT2D eigenvalue weighted by molar-refractivity contribution is 0.146. The Hall–Kier alpha value is -3.26. The first kappa shape index (κ1) is 18.5. The zero-order valence-electron chi connectivity index (χ0n) is 15.2. The van der Waals surface area contributed by atoms with Gasteiger partial charge in [-0.1, -0.05) is 0 Å². The number of fused-ring (bicyclic) bond motifs is 1. The van der Waals surface area contributed by atoms with Gasteiger partial charge in [-0.2, -0.15) is 0 Å². The second-order valence-corrected chi connectivity index (χ2v) is 5.64. The Morgan fingerprint density at radius 3 is 2.63 bits per heavy atom. The zero-order valence-corrected chi connectivity index (χ0v) is 15.2. The summed E-state index contributed by atoms with van der Waals surface area (Å²) >= 11 is 0. The molecule has 2 heterocycles. The molecule has 2 amide bonds. The smallest absolute Gasteiger partial charge is 0.320 e. The highest BCUT2D eigenvalue weighted by Crippen LogP contribution is 2.22. The standard InChI is InChI=1S/C19H21N5O3/c1-3-20-19(25)24-17-9-8-15-18(23-17)22-16(12-21-15)13-4-6-14(7-5-13)27-11-10-26-2/h4-9,12H,3,10-11H2,1-2H3,(H2,20,22,23,24,25). The molecule has 0 saturated carbocycles. The molecule has 2 N–H and O–H groups in total. The van der Waals surface area contributed by atoms with Crippen LogP contribution in [0.25, 0.3) is 22.4 Å². The summed E-state index contributed by atoms with van der Waals surface area (Å²) in [6.07, 6.45) is 1.70. The molecule has 2 aromatic heterocycles. The number of anilines is 1. The minimum atomic E-state index is -0.308. The minimum absolute atomic E-state index is 0.308. The molecule has 3 aromatic rings. The molecule has 140 valence electrons. The molecule has 0 spiro atoms. The van der Waals surface area contributed by atoms with Crippen molar-refractivity contribution in [1.29, 1.82) is 0 Å². The molecular formula is C19H21N5O3. The Morgan fingerprint density at radius 1 is 1.07 bits per heavy atom. The van der Waals surface area contributed by atoms with Crippen molar-refractivity contribution in [1.82, 2.24) is 20.3 Å². The van der Waals surface area contributed by atoms with Gasteiger partial charge in [0.25, 0.3) is 0 Å². The van der Waals surface area contributed by atoms with Gasteiger partial charge < -0.3 is 14.8 Å². The van der Waals surface area contributed by atoms with Crippen LogP contribution in [-0.2, 0) is 4.74 Å². The number of pyridine rings is 1. The van der Waals surface area contributed by atoms with E-state index in [2.05, 4.69) is 25.6 Å². The maximum Gasteiger partial charge on any atom is 0.320 e. The summed E-state index contributed by atoms with van der Waals surface area (Å²) < 4.78 is 10.5. The summed E-state index contributed by atoms with van der Waals surface area (Å²) in [6, 6.07) is 10.7. The molecule has 3 rings (SSSR count). The highest BCUT2D eigenvalue weighted by Gasteiger charge is 2.07. The van der Waals surface area contributed by atoms with E-state index in [0.717, 1.165) is 11.3 Å². The van der Waals surface area contributed by atoms with Gasteiger partial charge in [0.15, 0.2) is 5.65 Å². The monoisotopic (exact) mass is 367 g/mol. The summed E-state index contributed by atoms with van der Waals surface area (Å²) in [6.45, 7) is 3.42. The molecule has 0 aliphatic heterocycles. The molecular weight excluding hydrogens is 346 g/mol. The topological polar surface area (TPSA) is 98.3 Å². The molecule has 0 fully saturated rings. The lowest BCUT2D eigenvalue weighted by Crippen LogP contribution is -2.28. The van der Waals surface area contributed by atoms with Crippen molar-refractivity contribution < 1.29 is 14.3 Å². The molecule has 0 saturated heterocycles. The molecule has 8 heteroatoms. The minimum Gasteiger partial charge on any atom is -0.491 e.